The molecule has 1 amide bonds. The summed E-state index contributed by atoms with van der Waals surface area (Å²) in [4.78, 5) is 21.5. The third-order valence-electron chi connectivity index (χ3n) is 4.78. The molecule has 0 aliphatic carbocycles. The van der Waals surface area contributed by atoms with Crippen molar-refractivity contribution in [1.82, 2.24) is 19.7 Å². The van der Waals surface area contributed by atoms with Crippen LogP contribution in [0.3, 0.4) is 0 Å². The second-order valence-electron chi connectivity index (χ2n) is 6.36. The van der Waals surface area contributed by atoms with Gasteiger partial charge in [0.2, 0.25) is 0 Å². The number of carbonyl (C=O) groups is 1. The Bertz CT molecular complexity index is 883. The minimum Gasteiger partial charge on any atom is -0.353 e. The summed E-state index contributed by atoms with van der Waals surface area (Å²) in [5, 5.41) is 4.41. The van der Waals surface area contributed by atoms with Gasteiger partial charge in [0.25, 0.3) is 5.91 Å². The Labute approximate surface area is 152 Å². The number of benzene rings is 1. The molecule has 3 heterocycles. The lowest BCUT2D eigenvalue weighted by atomic mass is 10.2. The molecule has 1 aliphatic rings. The molecule has 0 N–H and O–H groups in total. The molecular weight excluding hydrogens is 326 g/mol. The van der Waals surface area contributed by atoms with Gasteiger partial charge in [-0.05, 0) is 31.2 Å². The van der Waals surface area contributed by atoms with Crippen LogP contribution >= 0.6 is 0 Å². The van der Waals surface area contributed by atoms with Crippen LogP contribution in [0, 0.1) is 6.92 Å². The van der Waals surface area contributed by atoms with E-state index in [2.05, 4.69) is 15.0 Å². The van der Waals surface area contributed by atoms with Gasteiger partial charge in [-0.1, -0.05) is 24.3 Å². The maximum atomic E-state index is 12.9. The zero-order chi connectivity index (χ0) is 17.9. The molecule has 0 spiro atoms. The number of piperazine rings is 1. The van der Waals surface area contributed by atoms with Crippen molar-refractivity contribution in [1.29, 1.82) is 0 Å². The van der Waals surface area contributed by atoms with Crippen LogP contribution in [0.2, 0.25) is 0 Å². The third-order valence-corrected chi connectivity index (χ3v) is 4.78. The topological polar surface area (TPSA) is 54.3 Å². The molecule has 2 aromatic heterocycles. The number of nitrogens with zero attached hydrogens (tertiary/aromatic N) is 5. The highest BCUT2D eigenvalue weighted by molar-refractivity contribution is 5.95. The van der Waals surface area contributed by atoms with Gasteiger partial charge in [-0.25, -0.2) is 9.67 Å². The molecule has 26 heavy (non-hydrogen) atoms. The molecule has 6 heteroatoms. The van der Waals surface area contributed by atoms with Crippen LogP contribution in [0.5, 0.6) is 0 Å². The molecule has 1 fully saturated rings. The van der Waals surface area contributed by atoms with Crippen molar-refractivity contribution >= 4 is 11.7 Å². The van der Waals surface area contributed by atoms with Crippen molar-refractivity contribution in [3.8, 4) is 5.69 Å². The van der Waals surface area contributed by atoms with Crippen molar-refractivity contribution in [2.45, 2.75) is 6.92 Å². The number of hydrogen-bond acceptors (Lipinski definition) is 4. The molecule has 0 bridgehead atoms. The molecule has 4 rings (SSSR count). The maximum absolute atomic E-state index is 12.9. The van der Waals surface area contributed by atoms with E-state index in [9.17, 15) is 4.79 Å². The van der Waals surface area contributed by atoms with Crippen LogP contribution in [0.4, 0.5) is 5.82 Å². The van der Waals surface area contributed by atoms with E-state index in [0.717, 1.165) is 30.3 Å². The molecule has 0 unspecified atom stereocenters. The number of amides is 1. The number of para-hydroxylation sites is 1. The molecule has 1 saturated heterocycles. The predicted molar refractivity (Wildman–Crippen MR) is 101 cm³/mol. The van der Waals surface area contributed by atoms with E-state index in [4.69, 9.17) is 0 Å². The van der Waals surface area contributed by atoms with E-state index in [1.54, 1.807) is 12.4 Å². The molecule has 3 aromatic rings. The number of pyridine rings is 1. The quantitative estimate of drug-likeness (QED) is 0.731. The Kier molecular flexibility index (Phi) is 4.39. The van der Waals surface area contributed by atoms with Gasteiger partial charge < -0.3 is 9.80 Å². The number of aromatic nitrogens is 3. The van der Waals surface area contributed by atoms with Crippen LogP contribution in [0.1, 0.15) is 16.1 Å². The number of carbonyl (C=O) groups excluding carboxylic acids is 1. The predicted octanol–water partition coefficient (Wildman–Crippen LogP) is 2.54. The minimum atomic E-state index is 0.0466. The Morgan fingerprint density at radius 1 is 0.962 bits per heavy atom. The summed E-state index contributed by atoms with van der Waals surface area (Å²) in [5.74, 6) is 1.01. The molecule has 6 nitrogen and oxygen atoms in total. The largest absolute Gasteiger partial charge is 0.353 e. The van der Waals surface area contributed by atoms with Gasteiger partial charge in [0.15, 0.2) is 0 Å². The fourth-order valence-electron chi connectivity index (χ4n) is 3.30. The average molecular weight is 347 g/mol. The van der Waals surface area contributed by atoms with E-state index in [-0.39, 0.29) is 5.91 Å². The van der Waals surface area contributed by atoms with Gasteiger partial charge in [-0.2, -0.15) is 5.10 Å². The van der Waals surface area contributed by atoms with Crippen LogP contribution in [-0.4, -0.2) is 51.8 Å². The summed E-state index contributed by atoms with van der Waals surface area (Å²) in [5.41, 5.74) is 2.50. The zero-order valence-electron chi connectivity index (χ0n) is 14.7. The number of rotatable bonds is 3. The highest BCUT2D eigenvalue weighted by Gasteiger charge is 2.25. The number of anilines is 1. The molecule has 1 aromatic carbocycles. The van der Waals surface area contributed by atoms with E-state index >= 15 is 0 Å². The van der Waals surface area contributed by atoms with Crippen molar-refractivity contribution in [3.63, 3.8) is 0 Å². The summed E-state index contributed by atoms with van der Waals surface area (Å²) >= 11 is 0. The SMILES string of the molecule is Cc1c(C(=O)N2CCN(c3ccccn3)CC2)cnn1-c1ccccc1. The lowest BCUT2D eigenvalue weighted by Gasteiger charge is -2.35. The zero-order valence-corrected chi connectivity index (χ0v) is 14.7. The smallest absolute Gasteiger partial charge is 0.257 e. The van der Waals surface area contributed by atoms with Gasteiger partial charge in [0.05, 0.1) is 23.1 Å². The van der Waals surface area contributed by atoms with E-state index < -0.39 is 0 Å². The Morgan fingerprint density at radius 3 is 2.38 bits per heavy atom. The Balaban J connectivity index is 1.47. The lowest BCUT2D eigenvalue weighted by Crippen LogP contribution is -2.49. The summed E-state index contributed by atoms with van der Waals surface area (Å²) in [6.45, 7) is 4.89. The van der Waals surface area contributed by atoms with E-state index in [1.165, 1.54) is 0 Å². The van der Waals surface area contributed by atoms with Gasteiger partial charge in [0.1, 0.15) is 5.82 Å². The van der Waals surface area contributed by atoms with Crippen LogP contribution < -0.4 is 4.90 Å². The van der Waals surface area contributed by atoms with Crippen LogP contribution in [0.25, 0.3) is 5.69 Å². The van der Waals surface area contributed by atoms with Gasteiger partial charge in [0, 0.05) is 32.4 Å². The second-order valence-corrected chi connectivity index (χ2v) is 6.36. The number of hydrogen-bond donors (Lipinski definition) is 0. The summed E-state index contributed by atoms with van der Waals surface area (Å²) in [7, 11) is 0. The maximum Gasteiger partial charge on any atom is 0.257 e. The normalized spacial score (nSPS) is 14.5. The summed E-state index contributed by atoms with van der Waals surface area (Å²) < 4.78 is 1.82. The Morgan fingerprint density at radius 2 is 1.69 bits per heavy atom. The minimum absolute atomic E-state index is 0.0466. The van der Waals surface area contributed by atoms with Crippen molar-refractivity contribution in [2.24, 2.45) is 0 Å². The average Bonchev–Trinajstić information content (AvgIpc) is 3.10. The molecule has 0 radical (unpaired) electrons. The van der Waals surface area contributed by atoms with Crippen molar-refractivity contribution < 1.29 is 4.79 Å². The van der Waals surface area contributed by atoms with Crippen molar-refractivity contribution in [2.75, 3.05) is 31.1 Å². The highest BCUT2D eigenvalue weighted by atomic mass is 16.2. The summed E-state index contributed by atoms with van der Waals surface area (Å²) in [6, 6.07) is 15.8. The second kappa shape index (κ2) is 7.00. The third kappa shape index (κ3) is 3.06. The molecule has 0 saturated carbocycles. The monoisotopic (exact) mass is 347 g/mol. The summed E-state index contributed by atoms with van der Waals surface area (Å²) in [6.07, 6.45) is 3.48. The standard InChI is InChI=1S/C20H21N5O/c1-16-18(15-22-25(16)17-7-3-2-4-8-17)20(26)24-13-11-23(12-14-24)19-9-5-6-10-21-19/h2-10,15H,11-14H2,1H3. The molecule has 1 aliphatic heterocycles. The highest BCUT2D eigenvalue weighted by Crippen LogP contribution is 2.18. The van der Waals surface area contributed by atoms with Crippen molar-refractivity contribution in [3.05, 3.63) is 72.2 Å². The first-order valence-electron chi connectivity index (χ1n) is 8.79. The van der Waals surface area contributed by atoms with E-state index in [1.807, 2.05) is 65.0 Å². The van der Waals surface area contributed by atoms with Gasteiger partial charge in [-0.15, -0.1) is 0 Å². The molecule has 0 atom stereocenters. The van der Waals surface area contributed by atoms with Gasteiger partial charge >= 0.3 is 0 Å². The fourth-order valence-corrected chi connectivity index (χ4v) is 3.30. The Hall–Kier alpha value is -3.15. The van der Waals surface area contributed by atoms with Crippen LogP contribution in [-0.2, 0) is 0 Å². The first-order chi connectivity index (χ1) is 12.7. The fraction of sp³-hybridized carbons (Fsp3) is 0.250. The first kappa shape index (κ1) is 16.3. The first-order valence-corrected chi connectivity index (χ1v) is 8.79. The van der Waals surface area contributed by atoms with E-state index in [0.29, 0.717) is 18.7 Å². The molecule has 132 valence electrons. The van der Waals surface area contributed by atoms with Gasteiger partial charge in [-0.3, -0.25) is 4.79 Å². The lowest BCUT2D eigenvalue weighted by molar-refractivity contribution is 0.0745. The van der Waals surface area contributed by atoms with Crippen LogP contribution in [0.15, 0.2) is 60.9 Å². The molecular formula is C20H21N5O.